The molecule has 6 heteroatoms. The van der Waals surface area contributed by atoms with Crippen molar-refractivity contribution >= 4 is 30.7 Å². The molecule has 0 aromatic heterocycles. The number of halogens is 2. The topological polar surface area (TPSA) is 58.4 Å². The number of nitrogens with two attached hydrogens (primary N) is 1. The summed E-state index contributed by atoms with van der Waals surface area (Å²) in [5, 5.41) is 3.06. The highest BCUT2D eigenvalue weighted by molar-refractivity contribution is 5.85. The fourth-order valence-electron chi connectivity index (χ4n) is 2.02. The highest BCUT2D eigenvalue weighted by atomic mass is 35.5. The van der Waals surface area contributed by atoms with Crippen molar-refractivity contribution in [1.29, 1.82) is 0 Å². The van der Waals surface area contributed by atoms with Gasteiger partial charge < -0.3 is 16.0 Å². The highest BCUT2D eigenvalue weighted by Crippen LogP contribution is 2.15. The van der Waals surface area contributed by atoms with Gasteiger partial charge in [0, 0.05) is 18.6 Å². The third-order valence-electron chi connectivity index (χ3n) is 3.58. The van der Waals surface area contributed by atoms with Crippen LogP contribution < -0.4 is 11.1 Å². The van der Waals surface area contributed by atoms with Crippen LogP contribution in [0.2, 0.25) is 0 Å². The molecular weight excluding hydrogens is 273 g/mol. The average Bonchev–Trinajstić information content (AvgIpc) is 2.22. The number of likely N-dealkylation sites (tertiary alicyclic amines) is 1. The van der Waals surface area contributed by atoms with Gasteiger partial charge in [0.2, 0.25) is 5.91 Å². The molecule has 1 fully saturated rings. The van der Waals surface area contributed by atoms with E-state index in [0.717, 1.165) is 19.4 Å². The third kappa shape index (κ3) is 5.74. The quantitative estimate of drug-likeness (QED) is 0.828. The van der Waals surface area contributed by atoms with Gasteiger partial charge in [-0.3, -0.25) is 4.79 Å². The molecule has 4 nitrogen and oxygen atoms in total. The summed E-state index contributed by atoms with van der Waals surface area (Å²) in [6, 6.07) is 0.452. The van der Waals surface area contributed by atoms with Gasteiger partial charge in [0.1, 0.15) is 0 Å². The Balaban J connectivity index is 0. The van der Waals surface area contributed by atoms with Crippen LogP contribution in [0.4, 0.5) is 0 Å². The minimum absolute atomic E-state index is 0. The number of carbonyl (C=O) groups excluding carboxylic acids is 1. The number of rotatable bonds is 3. The highest BCUT2D eigenvalue weighted by Gasteiger charge is 2.26. The lowest BCUT2D eigenvalue weighted by atomic mass is 9.97. The Bertz CT molecular complexity index is 251. The second-order valence-electron chi connectivity index (χ2n) is 5.33. The SMILES string of the molecule is CC(C)[C@@H](N)C(=O)NC1CCN(C)C(C)C1.Cl.Cl. The predicted molar refractivity (Wildman–Crippen MR) is 80.6 cm³/mol. The Morgan fingerprint density at radius 2 is 1.94 bits per heavy atom. The summed E-state index contributed by atoms with van der Waals surface area (Å²) >= 11 is 0. The van der Waals surface area contributed by atoms with Gasteiger partial charge in [0.05, 0.1) is 6.04 Å². The lowest BCUT2D eigenvalue weighted by Gasteiger charge is -2.35. The Morgan fingerprint density at radius 3 is 2.39 bits per heavy atom. The van der Waals surface area contributed by atoms with Crippen LogP contribution in [0.15, 0.2) is 0 Å². The fourth-order valence-corrected chi connectivity index (χ4v) is 2.02. The van der Waals surface area contributed by atoms with Gasteiger partial charge in [-0.2, -0.15) is 0 Å². The molecule has 0 saturated carbocycles. The van der Waals surface area contributed by atoms with Crippen LogP contribution in [0.5, 0.6) is 0 Å². The van der Waals surface area contributed by atoms with E-state index in [4.69, 9.17) is 5.73 Å². The Morgan fingerprint density at radius 1 is 1.39 bits per heavy atom. The van der Waals surface area contributed by atoms with E-state index in [1.807, 2.05) is 13.8 Å². The number of nitrogens with one attached hydrogen (secondary N) is 1. The van der Waals surface area contributed by atoms with E-state index in [-0.39, 0.29) is 42.7 Å². The molecule has 1 aliphatic rings. The predicted octanol–water partition coefficient (Wildman–Crippen LogP) is 1.41. The molecule has 0 aromatic carbocycles. The van der Waals surface area contributed by atoms with Crippen LogP contribution in [0.3, 0.4) is 0 Å². The van der Waals surface area contributed by atoms with E-state index in [9.17, 15) is 4.79 Å². The third-order valence-corrected chi connectivity index (χ3v) is 3.58. The molecule has 0 radical (unpaired) electrons. The van der Waals surface area contributed by atoms with Crippen LogP contribution in [0, 0.1) is 5.92 Å². The first-order valence-corrected chi connectivity index (χ1v) is 6.18. The van der Waals surface area contributed by atoms with Crippen molar-refractivity contribution in [3.05, 3.63) is 0 Å². The van der Waals surface area contributed by atoms with Crippen molar-refractivity contribution in [2.24, 2.45) is 11.7 Å². The zero-order valence-corrected chi connectivity index (χ0v) is 13.3. The van der Waals surface area contributed by atoms with Crippen molar-refractivity contribution in [3.63, 3.8) is 0 Å². The van der Waals surface area contributed by atoms with Gasteiger partial charge in [-0.1, -0.05) is 13.8 Å². The molecule has 1 rings (SSSR count). The standard InChI is InChI=1S/C12H25N3O.2ClH/c1-8(2)11(13)12(16)14-10-5-6-15(4)9(3)7-10;;/h8-11H,5-7,13H2,1-4H3,(H,14,16);2*1H/t9?,10?,11-;;/m1../s1. The minimum atomic E-state index is -0.380. The summed E-state index contributed by atoms with van der Waals surface area (Å²) < 4.78 is 0. The average molecular weight is 300 g/mol. The number of amides is 1. The Kier molecular flexibility index (Phi) is 10.1. The molecule has 1 aliphatic heterocycles. The molecule has 2 unspecified atom stereocenters. The maximum Gasteiger partial charge on any atom is 0.237 e. The zero-order chi connectivity index (χ0) is 12.3. The van der Waals surface area contributed by atoms with Gasteiger partial charge in [-0.15, -0.1) is 24.8 Å². The summed E-state index contributed by atoms with van der Waals surface area (Å²) in [4.78, 5) is 14.1. The monoisotopic (exact) mass is 299 g/mol. The van der Waals surface area contributed by atoms with Crippen LogP contribution >= 0.6 is 24.8 Å². The molecule has 3 atom stereocenters. The maximum atomic E-state index is 11.8. The summed E-state index contributed by atoms with van der Waals surface area (Å²) in [5.74, 6) is 0.195. The number of piperidine rings is 1. The zero-order valence-electron chi connectivity index (χ0n) is 11.7. The summed E-state index contributed by atoms with van der Waals surface area (Å²) in [5.41, 5.74) is 5.82. The first kappa shape index (κ1) is 20.3. The van der Waals surface area contributed by atoms with E-state index in [1.165, 1.54) is 0 Å². The van der Waals surface area contributed by atoms with Gasteiger partial charge in [-0.05, 0) is 32.7 Å². The molecule has 1 saturated heterocycles. The van der Waals surface area contributed by atoms with Crippen LogP contribution in [0.1, 0.15) is 33.6 Å². The first-order valence-electron chi connectivity index (χ1n) is 6.18. The van der Waals surface area contributed by atoms with Gasteiger partial charge in [-0.25, -0.2) is 0 Å². The normalized spacial score (nSPS) is 25.9. The van der Waals surface area contributed by atoms with Crippen LogP contribution in [-0.4, -0.2) is 42.5 Å². The van der Waals surface area contributed by atoms with Gasteiger partial charge >= 0.3 is 0 Å². The molecule has 3 N–H and O–H groups in total. The van der Waals surface area contributed by atoms with Gasteiger partial charge in [0.25, 0.3) is 0 Å². The molecule has 0 aliphatic carbocycles. The lowest BCUT2D eigenvalue weighted by Crippen LogP contribution is -2.52. The largest absolute Gasteiger partial charge is 0.352 e. The number of nitrogens with zero attached hydrogens (tertiary/aromatic N) is 1. The molecule has 18 heavy (non-hydrogen) atoms. The molecule has 0 aromatic rings. The molecule has 0 spiro atoms. The van der Waals surface area contributed by atoms with E-state index in [2.05, 4.69) is 24.2 Å². The summed E-state index contributed by atoms with van der Waals surface area (Å²) in [7, 11) is 2.13. The molecule has 110 valence electrons. The molecule has 0 bridgehead atoms. The van der Waals surface area contributed by atoms with E-state index < -0.39 is 0 Å². The van der Waals surface area contributed by atoms with Gasteiger partial charge in [0.15, 0.2) is 0 Å². The van der Waals surface area contributed by atoms with Crippen molar-refractivity contribution < 1.29 is 4.79 Å². The van der Waals surface area contributed by atoms with Crippen molar-refractivity contribution in [1.82, 2.24) is 10.2 Å². The fraction of sp³-hybridized carbons (Fsp3) is 0.917. The van der Waals surface area contributed by atoms with Crippen molar-refractivity contribution in [2.45, 2.75) is 51.7 Å². The van der Waals surface area contributed by atoms with Crippen molar-refractivity contribution in [3.8, 4) is 0 Å². The van der Waals surface area contributed by atoms with Crippen molar-refractivity contribution in [2.75, 3.05) is 13.6 Å². The minimum Gasteiger partial charge on any atom is -0.352 e. The maximum absolute atomic E-state index is 11.8. The van der Waals surface area contributed by atoms with Crippen LogP contribution in [0.25, 0.3) is 0 Å². The number of hydrogen-bond acceptors (Lipinski definition) is 3. The Labute approximate surface area is 123 Å². The second-order valence-corrected chi connectivity index (χ2v) is 5.33. The molecular formula is C12H27Cl2N3O. The number of hydrogen-bond donors (Lipinski definition) is 2. The van der Waals surface area contributed by atoms with Crippen LogP contribution in [-0.2, 0) is 4.79 Å². The molecule has 1 heterocycles. The van der Waals surface area contributed by atoms with E-state index in [1.54, 1.807) is 0 Å². The lowest BCUT2D eigenvalue weighted by molar-refractivity contribution is -0.124. The summed E-state index contributed by atoms with van der Waals surface area (Å²) in [6.07, 6.45) is 2.05. The number of carbonyl (C=O) groups is 1. The smallest absolute Gasteiger partial charge is 0.237 e. The Hall–Kier alpha value is -0.0300. The second kappa shape index (κ2) is 8.97. The first-order chi connectivity index (χ1) is 7.41. The van der Waals surface area contributed by atoms with E-state index in [0.29, 0.717) is 12.1 Å². The van der Waals surface area contributed by atoms with E-state index >= 15 is 0 Å². The summed E-state index contributed by atoms with van der Waals surface area (Å²) in [6.45, 7) is 7.19. The molecule has 1 amide bonds.